The van der Waals surface area contributed by atoms with Crippen molar-refractivity contribution < 1.29 is 9.59 Å². The minimum absolute atomic E-state index is 0.367. The maximum atomic E-state index is 11.1. The first-order chi connectivity index (χ1) is 5.80. The predicted molar refractivity (Wildman–Crippen MR) is 51.8 cm³/mol. The lowest BCUT2D eigenvalue weighted by atomic mass is 9.83. The minimum atomic E-state index is -0.569. The molecule has 1 rings (SSSR count). The Morgan fingerprint density at radius 3 is 1.46 bits per heavy atom. The maximum Gasteiger partial charge on any atom is 0.227 e. The largest absolute Gasteiger partial charge is 0.281 e. The van der Waals surface area contributed by atoms with E-state index in [1.807, 2.05) is 0 Å². The van der Waals surface area contributed by atoms with Crippen LogP contribution in [-0.2, 0) is 9.59 Å². The highest BCUT2D eigenvalue weighted by Gasteiger charge is 2.49. The summed E-state index contributed by atoms with van der Waals surface area (Å²) < 4.78 is 0. The fourth-order valence-electron chi connectivity index (χ4n) is 1.93. The number of carbonyl (C=O) groups is 2. The van der Waals surface area contributed by atoms with Gasteiger partial charge in [0.2, 0.25) is 10.5 Å². The standard InChI is InChI=1S/C9H12Cl2O2/c1-8(6(10)12)3-4-9(2,5-8)7(11)13/h3-5H2,1-2H3. The van der Waals surface area contributed by atoms with Crippen LogP contribution in [0.25, 0.3) is 0 Å². The molecule has 0 radical (unpaired) electrons. The van der Waals surface area contributed by atoms with Gasteiger partial charge >= 0.3 is 0 Å². The summed E-state index contributed by atoms with van der Waals surface area (Å²) >= 11 is 10.9. The second-order valence-electron chi connectivity index (χ2n) is 4.35. The third kappa shape index (κ3) is 1.89. The molecule has 0 aromatic carbocycles. The average molecular weight is 223 g/mol. The van der Waals surface area contributed by atoms with Crippen molar-refractivity contribution in [2.45, 2.75) is 33.1 Å². The van der Waals surface area contributed by atoms with E-state index in [1.165, 1.54) is 0 Å². The first kappa shape index (κ1) is 11.0. The Morgan fingerprint density at radius 1 is 1.00 bits per heavy atom. The van der Waals surface area contributed by atoms with Crippen LogP contribution in [0.2, 0.25) is 0 Å². The van der Waals surface area contributed by atoms with Gasteiger partial charge in [-0.2, -0.15) is 0 Å². The smallest absolute Gasteiger partial charge is 0.227 e. The molecule has 1 aliphatic carbocycles. The number of carbonyl (C=O) groups excluding carboxylic acids is 2. The van der Waals surface area contributed by atoms with Crippen LogP contribution in [0, 0.1) is 10.8 Å². The van der Waals surface area contributed by atoms with Gasteiger partial charge in [-0.3, -0.25) is 9.59 Å². The van der Waals surface area contributed by atoms with E-state index in [4.69, 9.17) is 23.2 Å². The first-order valence-corrected chi connectivity index (χ1v) is 4.96. The van der Waals surface area contributed by atoms with Gasteiger partial charge in [-0.05, 0) is 42.5 Å². The van der Waals surface area contributed by atoms with Crippen molar-refractivity contribution in [3.05, 3.63) is 0 Å². The monoisotopic (exact) mass is 222 g/mol. The molecule has 0 aromatic rings. The van der Waals surface area contributed by atoms with E-state index in [2.05, 4.69) is 0 Å². The third-order valence-electron chi connectivity index (χ3n) is 2.96. The summed E-state index contributed by atoms with van der Waals surface area (Å²) in [7, 11) is 0. The Balaban J connectivity index is 2.85. The van der Waals surface area contributed by atoms with E-state index in [0.717, 1.165) is 0 Å². The highest BCUT2D eigenvalue weighted by molar-refractivity contribution is 6.65. The van der Waals surface area contributed by atoms with E-state index < -0.39 is 10.8 Å². The maximum absolute atomic E-state index is 11.1. The quantitative estimate of drug-likeness (QED) is 0.674. The Hall–Kier alpha value is -0.0800. The zero-order valence-corrected chi connectivity index (χ0v) is 9.21. The van der Waals surface area contributed by atoms with Gasteiger partial charge in [0.05, 0.1) is 0 Å². The van der Waals surface area contributed by atoms with E-state index in [9.17, 15) is 9.59 Å². The van der Waals surface area contributed by atoms with Gasteiger partial charge in [0.25, 0.3) is 0 Å². The van der Waals surface area contributed by atoms with Gasteiger partial charge in [0.15, 0.2) is 0 Å². The van der Waals surface area contributed by atoms with E-state index >= 15 is 0 Å². The van der Waals surface area contributed by atoms with Crippen LogP contribution in [0.3, 0.4) is 0 Å². The van der Waals surface area contributed by atoms with Crippen molar-refractivity contribution in [2.75, 3.05) is 0 Å². The summed E-state index contributed by atoms with van der Waals surface area (Å²) in [6, 6.07) is 0. The summed E-state index contributed by atoms with van der Waals surface area (Å²) in [5.41, 5.74) is -1.14. The fraction of sp³-hybridized carbons (Fsp3) is 0.778. The van der Waals surface area contributed by atoms with Crippen molar-refractivity contribution in [1.29, 1.82) is 0 Å². The van der Waals surface area contributed by atoms with Gasteiger partial charge in [-0.1, -0.05) is 13.8 Å². The van der Waals surface area contributed by atoms with Crippen LogP contribution >= 0.6 is 23.2 Å². The molecule has 2 nitrogen and oxygen atoms in total. The highest BCUT2D eigenvalue weighted by atomic mass is 35.5. The molecule has 13 heavy (non-hydrogen) atoms. The molecule has 1 saturated carbocycles. The summed E-state index contributed by atoms with van der Waals surface area (Å²) in [5.74, 6) is 0. The normalized spacial score (nSPS) is 39.1. The molecule has 0 heterocycles. The first-order valence-electron chi connectivity index (χ1n) is 4.20. The Morgan fingerprint density at radius 2 is 1.31 bits per heavy atom. The van der Waals surface area contributed by atoms with Crippen molar-refractivity contribution in [2.24, 2.45) is 10.8 Å². The SMILES string of the molecule is CC1(C(=O)Cl)CCC(C)(C(=O)Cl)C1. The van der Waals surface area contributed by atoms with Gasteiger partial charge in [0.1, 0.15) is 0 Å². The number of halogens is 2. The van der Waals surface area contributed by atoms with Gasteiger partial charge in [-0.25, -0.2) is 0 Å². The molecule has 0 amide bonds. The lowest BCUT2D eigenvalue weighted by Crippen LogP contribution is -2.26. The van der Waals surface area contributed by atoms with Crippen LogP contribution in [0.1, 0.15) is 33.1 Å². The van der Waals surface area contributed by atoms with Crippen LogP contribution in [-0.4, -0.2) is 10.5 Å². The molecule has 4 heteroatoms. The summed E-state index contributed by atoms with van der Waals surface area (Å²) in [6.07, 6.45) is 1.75. The molecule has 2 unspecified atom stereocenters. The van der Waals surface area contributed by atoms with Crippen LogP contribution < -0.4 is 0 Å². The lowest BCUT2D eigenvalue weighted by molar-refractivity contribution is -0.122. The second kappa shape index (κ2) is 3.25. The molecule has 2 atom stereocenters. The van der Waals surface area contributed by atoms with Crippen LogP contribution in [0.5, 0.6) is 0 Å². The van der Waals surface area contributed by atoms with Gasteiger partial charge in [0, 0.05) is 10.8 Å². The molecular formula is C9H12Cl2O2. The van der Waals surface area contributed by atoms with Crippen molar-refractivity contribution in [3.8, 4) is 0 Å². The van der Waals surface area contributed by atoms with Crippen molar-refractivity contribution in [3.63, 3.8) is 0 Å². The molecular weight excluding hydrogens is 211 g/mol. The highest BCUT2D eigenvalue weighted by Crippen LogP contribution is 2.51. The van der Waals surface area contributed by atoms with Gasteiger partial charge in [-0.15, -0.1) is 0 Å². The summed E-state index contributed by atoms with van der Waals surface area (Å²) in [5, 5.41) is -0.733. The topological polar surface area (TPSA) is 34.1 Å². The van der Waals surface area contributed by atoms with E-state index in [0.29, 0.717) is 19.3 Å². The summed E-state index contributed by atoms with van der Waals surface area (Å²) in [6.45, 7) is 3.57. The lowest BCUT2D eigenvalue weighted by Gasteiger charge is -2.22. The zero-order chi connectivity index (χ0) is 10.3. The van der Waals surface area contributed by atoms with Crippen LogP contribution in [0.4, 0.5) is 0 Å². The Labute approximate surface area is 87.6 Å². The molecule has 0 N–H and O–H groups in total. The number of hydrogen-bond donors (Lipinski definition) is 0. The third-order valence-corrected chi connectivity index (χ3v) is 3.87. The molecule has 1 fully saturated rings. The zero-order valence-electron chi connectivity index (χ0n) is 7.69. The Kier molecular flexibility index (Phi) is 2.75. The van der Waals surface area contributed by atoms with E-state index in [1.54, 1.807) is 13.8 Å². The molecule has 0 bridgehead atoms. The Bertz CT molecular complexity index is 238. The summed E-state index contributed by atoms with van der Waals surface area (Å²) in [4.78, 5) is 22.2. The average Bonchev–Trinajstić information content (AvgIpc) is 2.30. The van der Waals surface area contributed by atoms with Crippen LogP contribution in [0.15, 0.2) is 0 Å². The minimum Gasteiger partial charge on any atom is -0.281 e. The van der Waals surface area contributed by atoms with Crippen molar-refractivity contribution >= 4 is 33.7 Å². The number of rotatable bonds is 2. The molecule has 74 valence electrons. The van der Waals surface area contributed by atoms with Crippen molar-refractivity contribution in [1.82, 2.24) is 0 Å². The molecule has 0 aromatic heterocycles. The molecule has 1 aliphatic rings. The predicted octanol–water partition coefficient (Wildman–Crippen LogP) is 2.71. The second-order valence-corrected chi connectivity index (χ2v) is 5.03. The number of hydrogen-bond acceptors (Lipinski definition) is 2. The fourth-order valence-corrected chi connectivity index (χ4v) is 2.25. The molecule has 0 saturated heterocycles. The molecule has 0 spiro atoms. The molecule has 0 aliphatic heterocycles. The van der Waals surface area contributed by atoms with Gasteiger partial charge < -0.3 is 0 Å². The van der Waals surface area contributed by atoms with E-state index in [-0.39, 0.29) is 10.5 Å².